The normalized spacial score (nSPS) is 15.7. The summed E-state index contributed by atoms with van der Waals surface area (Å²) in [4.78, 5) is 14.9. The number of rotatable bonds is 5. The zero-order valence-corrected chi connectivity index (χ0v) is 21.2. The van der Waals surface area contributed by atoms with E-state index in [1.165, 1.54) is 11.3 Å². The summed E-state index contributed by atoms with van der Waals surface area (Å²) in [5.74, 6) is 3.34. The molecule has 1 aliphatic heterocycles. The Morgan fingerprint density at radius 3 is 2.30 bits per heavy atom. The van der Waals surface area contributed by atoms with E-state index >= 15 is 0 Å². The van der Waals surface area contributed by atoms with Crippen molar-refractivity contribution in [1.29, 1.82) is 0 Å². The summed E-state index contributed by atoms with van der Waals surface area (Å²) in [6.45, 7) is 7.20. The molecule has 2 heterocycles. The molecule has 0 amide bonds. The van der Waals surface area contributed by atoms with Gasteiger partial charge in [0.2, 0.25) is 0 Å². The lowest BCUT2D eigenvalue weighted by Crippen LogP contribution is -2.52. The van der Waals surface area contributed by atoms with Crippen LogP contribution in [0, 0.1) is 6.92 Å². The number of ether oxygens (including phenoxy) is 1. The Morgan fingerprint density at radius 1 is 0.757 bits per heavy atom. The van der Waals surface area contributed by atoms with Gasteiger partial charge in [-0.25, -0.2) is 9.97 Å². The molecule has 1 fully saturated rings. The molecule has 0 spiro atoms. The molecule has 5 aromatic rings. The highest BCUT2D eigenvalue weighted by Crippen LogP contribution is 2.31. The Morgan fingerprint density at radius 2 is 1.51 bits per heavy atom. The molecule has 6 rings (SSSR count). The second kappa shape index (κ2) is 9.94. The summed E-state index contributed by atoms with van der Waals surface area (Å²) in [6.07, 6.45) is 0. The molecule has 1 atom stereocenters. The van der Waals surface area contributed by atoms with Crippen molar-refractivity contribution in [3.8, 4) is 22.9 Å². The van der Waals surface area contributed by atoms with Gasteiger partial charge in [0.15, 0.2) is 5.82 Å². The van der Waals surface area contributed by atoms with Crippen molar-refractivity contribution >= 4 is 22.4 Å². The van der Waals surface area contributed by atoms with Crippen molar-refractivity contribution in [3.63, 3.8) is 0 Å². The van der Waals surface area contributed by atoms with E-state index in [1.807, 2.05) is 60.7 Å². The van der Waals surface area contributed by atoms with Crippen LogP contribution in [-0.2, 0) is 0 Å². The molecule has 0 saturated carbocycles. The Hall–Kier alpha value is -4.38. The SMILES string of the molecule is Cc1cccc(N2CCN(c3nc(-c4ccc(Oc5ccccc5)cc4)nc4ccccc34)C[C@H]2C)c1. The van der Waals surface area contributed by atoms with Gasteiger partial charge in [-0.05, 0) is 80.1 Å². The van der Waals surface area contributed by atoms with Crippen molar-refractivity contribution in [1.82, 2.24) is 9.97 Å². The number of hydrogen-bond donors (Lipinski definition) is 0. The van der Waals surface area contributed by atoms with Crippen LogP contribution < -0.4 is 14.5 Å². The highest BCUT2D eigenvalue weighted by atomic mass is 16.5. The first kappa shape index (κ1) is 23.0. The van der Waals surface area contributed by atoms with Gasteiger partial charge >= 0.3 is 0 Å². The number of fused-ring (bicyclic) bond motifs is 1. The molecule has 0 aliphatic carbocycles. The summed E-state index contributed by atoms with van der Waals surface area (Å²) < 4.78 is 5.97. The standard InChI is InChI=1S/C32H30N4O/c1-23-9-8-10-26(21-23)36-20-19-35(22-24(36)2)32-29-13-6-7-14-30(29)33-31(34-32)25-15-17-28(18-16-25)37-27-11-4-3-5-12-27/h3-18,21,24H,19-20,22H2,1-2H3/t24-/m1/s1. The predicted octanol–water partition coefficient (Wildman–Crippen LogP) is 7.11. The van der Waals surface area contributed by atoms with Crippen molar-refractivity contribution in [3.05, 3.63) is 109 Å². The quantitative estimate of drug-likeness (QED) is 0.265. The summed E-state index contributed by atoms with van der Waals surface area (Å²) in [5.41, 5.74) is 4.51. The van der Waals surface area contributed by atoms with Gasteiger partial charge in [0.05, 0.1) is 5.52 Å². The summed E-state index contributed by atoms with van der Waals surface area (Å²) >= 11 is 0. The maximum Gasteiger partial charge on any atom is 0.162 e. The van der Waals surface area contributed by atoms with Gasteiger partial charge in [-0.3, -0.25) is 0 Å². The minimum Gasteiger partial charge on any atom is -0.457 e. The third kappa shape index (κ3) is 4.85. The molecule has 0 radical (unpaired) electrons. The predicted molar refractivity (Wildman–Crippen MR) is 152 cm³/mol. The molecule has 1 saturated heterocycles. The van der Waals surface area contributed by atoms with Crippen LogP contribution in [0.1, 0.15) is 12.5 Å². The molecule has 0 bridgehead atoms. The third-order valence-electron chi connectivity index (χ3n) is 6.93. The van der Waals surface area contributed by atoms with E-state index in [1.54, 1.807) is 0 Å². The fourth-order valence-electron chi connectivity index (χ4n) is 5.07. The fraction of sp³-hybridized carbons (Fsp3) is 0.188. The lowest BCUT2D eigenvalue weighted by atomic mass is 10.1. The van der Waals surface area contributed by atoms with Crippen LogP contribution in [-0.4, -0.2) is 35.6 Å². The first-order valence-electron chi connectivity index (χ1n) is 12.8. The second-order valence-electron chi connectivity index (χ2n) is 9.65. The van der Waals surface area contributed by atoms with Crippen LogP contribution in [0.2, 0.25) is 0 Å². The van der Waals surface area contributed by atoms with Gasteiger partial charge in [0, 0.05) is 42.3 Å². The first-order chi connectivity index (χ1) is 18.1. The van der Waals surface area contributed by atoms with Crippen molar-refractivity contribution in [2.24, 2.45) is 0 Å². The van der Waals surface area contributed by atoms with E-state index in [0.717, 1.165) is 59.2 Å². The van der Waals surface area contributed by atoms with Crippen molar-refractivity contribution in [2.45, 2.75) is 19.9 Å². The molecular formula is C32H30N4O. The van der Waals surface area contributed by atoms with Crippen LogP contribution >= 0.6 is 0 Å². The summed E-state index contributed by atoms with van der Waals surface area (Å²) in [6, 6.07) is 35.3. The number of piperazine rings is 1. The molecule has 1 aliphatic rings. The molecule has 0 unspecified atom stereocenters. The number of para-hydroxylation sites is 2. The molecule has 37 heavy (non-hydrogen) atoms. The van der Waals surface area contributed by atoms with Crippen LogP contribution in [0.4, 0.5) is 11.5 Å². The Balaban J connectivity index is 1.29. The zero-order valence-electron chi connectivity index (χ0n) is 21.2. The van der Waals surface area contributed by atoms with E-state index in [0.29, 0.717) is 6.04 Å². The van der Waals surface area contributed by atoms with Crippen LogP contribution in [0.15, 0.2) is 103 Å². The number of aromatic nitrogens is 2. The van der Waals surface area contributed by atoms with Gasteiger partial charge in [0.25, 0.3) is 0 Å². The third-order valence-corrected chi connectivity index (χ3v) is 6.93. The minimum atomic E-state index is 0.363. The van der Waals surface area contributed by atoms with E-state index < -0.39 is 0 Å². The molecule has 4 aromatic carbocycles. The Bertz CT molecular complexity index is 1520. The Kier molecular flexibility index (Phi) is 6.19. The highest BCUT2D eigenvalue weighted by molar-refractivity contribution is 5.91. The lowest BCUT2D eigenvalue weighted by Gasteiger charge is -2.42. The van der Waals surface area contributed by atoms with E-state index in [9.17, 15) is 0 Å². The number of benzene rings is 4. The van der Waals surface area contributed by atoms with Crippen molar-refractivity contribution in [2.75, 3.05) is 29.4 Å². The monoisotopic (exact) mass is 486 g/mol. The number of aryl methyl sites for hydroxylation is 1. The largest absolute Gasteiger partial charge is 0.457 e. The van der Waals surface area contributed by atoms with E-state index in [4.69, 9.17) is 14.7 Å². The van der Waals surface area contributed by atoms with Gasteiger partial charge in [0.1, 0.15) is 17.3 Å². The number of hydrogen-bond acceptors (Lipinski definition) is 5. The minimum absolute atomic E-state index is 0.363. The zero-order chi connectivity index (χ0) is 25.2. The van der Waals surface area contributed by atoms with Crippen molar-refractivity contribution < 1.29 is 4.74 Å². The molecule has 1 aromatic heterocycles. The molecule has 184 valence electrons. The smallest absolute Gasteiger partial charge is 0.162 e. The average molecular weight is 487 g/mol. The number of nitrogens with zero attached hydrogens (tertiary/aromatic N) is 4. The maximum atomic E-state index is 5.97. The average Bonchev–Trinajstić information content (AvgIpc) is 2.93. The topological polar surface area (TPSA) is 41.5 Å². The van der Waals surface area contributed by atoms with Crippen LogP contribution in [0.3, 0.4) is 0 Å². The summed E-state index contributed by atoms with van der Waals surface area (Å²) in [7, 11) is 0. The van der Waals surface area contributed by atoms with Crippen LogP contribution in [0.5, 0.6) is 11.5 Å². The van der Waals surface area contributed by atoms with Gasteiger partial charge in [-0.1, -0.05) is 42.5 Å². The van der Waals surface area contributed by atoms with Gasteiger partial charge < -0.3 is 14.5 Å². The van der Waals surface area contributed by atoms with Gasteiger partial charge in [-0.2, -0.15) is 0 Å². The Labute approximate surface area is 218 Å². The molecule has 0 N–H and O–H groups in total. The first-order valence-corrected chi connectivity index (χ1v) is 12.8. The van der Waals surface area contributed by atoms with E-state index in [-0.39, 0.29) is 0 Å². The molecule has 5 nitrogen and oxygen atoms in total. The van der Waals surface area contributed by atoms with E-state index in [2.05, 4.69) is 66.1 Å². The lowest BCUT2D eigenvalue weighted by molar-refractivity contribution is 0.483. The maximum absolute atomic E-state index is 5.97. The van der Waals surface area contributed by atoms with Crippen LogP contribution in [0.25, 0.3) is 22.3 Å². The fourth-order valence-corrected chi connectivity index (χ4v) is 5.07. The molecular weight excluding hydrogens is 456 g/mol. The summed E-state index contributed by atoms with van der Waals surface area (Å²) in [5, 5.41) is 1.09. The molecule has 5 heteroatoms. The highest BCUT2D eigenvalue weighted by Gasteiger charge is 2.26. The van der Waals surface area contributed by atoms with Gasteiger partial charge in [-0.15, -0.1) is 0 Å². The number of anilines is 2. The second-order valence-corrected chi connectivity index (χ2v) is 9.65.